The van der Waals surface area contributed by atoms with Crippen LogP contribution in [0, 0.1) is 10.1 Å². The van der Waals surface area contributed by atoms with Gasteiger partial charge in [-0.3, -0.25) is 10.1 Å². The van der Waals surface area contributed by atoms with Crippen LogP contribution in [-0.2, 0) is 0 Å². The second-order valence-corrected chi connectivity index (χ2v) is 3.89. The van der Waals surface area contributed by atoms with Gasteiger partial charge in [0.25, 0.3) is 0 Å². The highest BCUT2D eigenvalue weighted by atomic mass is 16.6. The Bertz CT molecular complexity index is 335. The van der Waals surface area contributed by atoms with Gasteiger partial charge in [-0.05, 0) is 30.7 Å². The minimum absolute atomic E-state index is 0.138. The Balaban J connectivity index is 2.69. The molecule has 1 unspecified atom stereocenters. The number of benzene rings is 1. The maximum absolute atomic E-state index is 10.9. The molecule has 0 saturated carbocycles. The molecule has 0 aliphatic carbocycles. The van der Waals surface area contributed by atoms with E-state index in [1.807, 2.05) is 0 Å². The third-order valence-electron chi connectivity index (χ3n) is 2.61. The van der Waals surface area contributed by atoms with Gasteiger partial charge in [0.2, 0.25) is 6.04 Å². The monoisotopic (exact) mass is 223 g/mol. The lowest BCUT2D eigenvalue weighted by molar-refractivity contribution is -0.530. The molecule has 1 atom stereocenters. The summed E-state index contributed by atoms with van der Waals surface area (Å²) in [5.74, 6) is 0.138. The molecule has 16 heavy (non-hydrogen) atoms. The van der Waals surface area contributed by atoms with E-state index in [1.54, 1.807) is 12.1 Å². The molecule has 0 heterocycles. The van der Waals surface area contributed by atoms with Crippen molar-refractivity contribution in [2.75, 3.05) is 0 Å². The van der Waals surface area contributed by atoms with E-state index in [4.69, 9.17) is 5.11 Å². The highest BCUT2D eigenvalue weighted by Crippen LogP contribution is 2.24. The number of nitrogens with zero attached hydrogens (tertiary/aromatic N) is 1. The normalized spacial score (nSPS) is 12.3. The van der Waals surface area contributed by atoms with E-state index in [1.165, 1.54) is 12.1 Å². The average Bonchev–Trinajstić information content (AvgIpc) is 2.26. The van der Waals surface area contributed by atoms with Crippen LogP contribution >= 0.6 is 0 Å². The molecule has 1 rings (SSSR count). The Morgan fingerprint density at radius 3 is 2.44 bits per heavy atom. The number of nitro groups is 1. The Hall–Kier alpha value is -1.58. The SMILES string of the molecule is CCCCCC(c1ccc(O)cc1)[N+](=O)[O-]. The van der Waals surface area contributed by atoms with Crippen molar-refractivity contribution in [1.29, 1.82) is 0 Å². The first kappa shape index (κ1) is 12.5. The Morgan fingerprint density at radius 1 is 1.31 bits per heavy atom. The third-order valence-corrected chi connectivity index (χ3v) is 2.61. The van der Waals surface area contributed by atoms with Gasteiger partial charge in [-0.15, -0.1) is 0 Å². The molecule has 0 fully saturated rings. The summed E-state index contributed by atoms with van der Waals surface area (Å²) < 4.78 is 0. The molecule has 0 bridgehead atoms. The maximum atomic E-state index is 10.9. The molecule has 0 aliphatic heterocycles. The first-order valence-electron chi connectivity index (χ1n) is 5.57. The molecule has 1 aromatic carbocycles. The topological polar surface area (TPSA) is 63.4 Å². The van der Waals surface area contributed by atoms with E-state index in [0.29, 0.717) is 12.0 Å². The minimum Gasteiger partial charge on any atom is -0.508 e. The molecule has 4 nitrogen and oxygen atoms in total. The number of unbranched alkanes of at least 4 members (excludes halogenated alkanes) is 2. The lowest BCUT2D eigenvalue weighted by Gasteiger charge is -2.09. The van der Waals surface area contributed by atoms with E-state index < -0.39 is 6.04 Å². The summed E-state index contributed by atoms with van der Waals surface area (Å²) in [7, 11) is 0. The lowest BCUT2D eigenvalue weighted by Crippen LogP contribution is -2.10. The van der Waals surface area contributed by atoms with Crippen molar-refractivity contribution >= 4 is 0 Å². The van der Waals surface area contributed by atoms with Crippen LogP contribution < -0.4 is 0 Å². The quantitative estimate of drug-likeness (QED) is 0.457. The number of phenolic OH excluding ortho intramolecular Hbond substituents is 1. The van der Waals surface area contributed by atoms with Crippen molar-refractivity contribution in [3.63, 3.8) is 0 Å². The van der Waals surface area contributed by atoms with Crippen LogP contribution in [0.2, 0.25) is 0 Å². The molecule has 4 heteroatoms. The van der Waals surface area contributed by atoms with Crippen LogP contribution in [0.25, 0.3) is 0 Å². The van der Waals surface area contributed by atoms with Gasteiger partial charge in [0.1, 0.15) is 5.75 Å². The zero-order valence-electron chi connectivity index (χ0n) is 9.43. The first-order valence-corrected chi connectivity index (χ1v) is 5.57. The van der Waals surface area contributed by atoms with E-state index in [9.17, 15) is 10.1 Å². The molecule has 0 amide bonds. The van der Waals surface area contributed by atoms with Crippen molar-refractivity contribution in [1.82, 2.24) is 0 Å². The summed E-state index contributed by atoms with van der Waals surface area (Å²) in [6.45, 7) is 2.07. The summed E-state index contributed by atoms with van der Waals surface area (Å²) in [6, 6.07) is 5.58. The molecule has 0 saturated heterocycles. The Labute approximate surface area is 95.1 Å². The van der Waals surface area contributed by atoms with Gasteiger partial charge in [0, 0.05) is 16.9 Å². The fraction of sp³-hybridized carbons (Fsp3) is 0.500. The van der Waals surface area contributed by atoms with Gasteiger partial charge in [-0.2, -0.15) is 0 Å². The highest BCUT2D eigenvalue weighted by molar-refractivity contribution is 5.27. The average molecular weight is 223 g/mol. The molecule has 0 radical (unpaired) electrons. The summed E-state index contributed by atoms with van der Waals surface area (Å²) in [6.07, 6.45) is 3.50. The van der Waals surface area contributed by atoms with Crippen LogP contribution in [-0.4, -0.2) is 10.0 Å². The summed E-state index contributed by atoms with van der Waals surface area (Å²) in [5.41, 5.74) is 0.666. The number of phenols is 1. The molecule has 1 N–H and O–H groups in total. The summed E-state index contributed by atoms with van der Waals surface area (Å²) >= 11 is 0. The second kappa shape index (κ2) is 6.10. The van der Waals surface area contributed by atoms with Crippen molar-refractivity contribution < 1.29 is 10.0 Å². The molecular formula is C12H17NO3. The van der Waals surface area contributed by atoms with Gasteiger partial charge >= 0.3 is 0 Å². The highest BCUT2D eigenvalue weighted by Gasteiger charge is 2.21. The van der Waals surface area contributed by atoms with Gasteiger partial charge in [0.05, 0.1) is 0 Å². The van der Waals surface area contributed by atoms with Gasteiger partial charge in [-0.1, -0.05) is 19.8 Å². The first-order chi connectivity index (χ1) is 7.65. The van der Waals surface area contributed by atoms with Crippen LogP contribution in [0.1, 0.15) is 44.2 Å². The van der Waals surface area contributed by atoms with Crippen LogP contribution in [0.4, 0.5) is 0 Å². The third kappa shape index (κ3) is 3.53. The summed E-state index contributed by atoms with van der Waals surface area (Å²) in [5, 5.41) is 20.0. The largest absolute Gasteiger partial charge is 0.508 e. The molecule has 0 aliphatic rings. The summed E-state index contributed by atoms with van der Waals surface area (Å²) in [4.78, 5) is 10.7. The molecular weight excluding hydrogens is 206 g/mol. The van der Waals surface area contributed by atoms with Crippen LogP contribution in [0.15, 0.2) is 24.3 Å². The number of rotatable bonds is 6. The predicted molar refractivity (Wildman–Crippen MR) is 62.0 cm³/mol. The van der Waals surface area contributed by atoms with Gasteiger partial charge in [0.15, 0.2) is 0 Å². The van der Waals surface area contributed by atoms with Crippen molar-refractivity contribution in [3.05, 3.63) is 39.9 Å². The predicted octanol–water partition coefficient (Wildman–Crippen LogP) is 3.29. The fourth-order valence-corrected chi connectivity index (χ4v) is 1.68. The lowest BCUT2D eigenvalue weighted by atomic mass is 10.0. The Morgan fingerprint density at radius 2 is 1.94 bits per heavy atom. The van der Waals surface area contributed by atoms with Crippen LogP contribution in [0.5, 0.6) is 5.75 Å². The molecule has 0 spiro atoms. The van der Waals surface area contributed by atoms with E-state index in [0.717, 1.165) is 19.3 Å². The van der Waals surface area contributed by atoms with Gasteiger partial charge < -0.3 is 5.11 Å². The number of hydrogen-bond acceptors (Lipinski definition) is 3. The Kier molecular flexibility index (Phi) is 4.76. The van der Waals surface area contributed by atoms with E-state index >= 15 is 0 Å². The molecule has 0 aromatic heterocycles. The zero-order valence-corrected chi connectivity index (χ0v) is 9.43. The maximum Gasteiger partial charge on any atom is 0.238 e. The van der Waals surface area contributed by atoms with E-state index in [-0.39, 0.29) is 10.7 Å². The van der Waals surface area contributed by atoms with E-state index in [2.05, 4.69) is 6.92 Å². The van der Waals surface area contributed by atoms with Crippen LogP contribution in [0.3, 0.4) is 0 Å². The smallest absolute Gasteiger partial charge is 0.238 e. The van der Waals surface area contributed by atoms with Gasteiger partial charge in [-0.25, -0.2) is 0 Å². The standard InChI is InChI=1S/C12H17NO3/c1-2-3-4-5-12(13(15)16)10-6-8-11(14)9-7-10/h6-9,12,14H,2-5H2,1H3. The number of hydrogen-bond donors (Lipinski definition) is 1. The fourth-order valence-electron chi connectivity index (χ4n) is 1.68. The van der Waals surface area contributed by atoms with Crippen molar-refractivity contribution in [2.45, 2.75) is 38.6 Å². The van der Waals surface area contributed by atoms with Crippen molar-refractivity contribution in [2.24, 2.45) is 0 Å². The molecule has 88 valence electrons. The molecule has 1 aromatic rings. The zero-order chi connectivity index (χ0) is 12.0. The minimum atomic E-state index is -0.646. The van der Waals surface area contributed by atoms with Crippen molar-refractivity contribution in [3.8, 4) is 5.75 Å². The second-order valence-electron chi connectivity index (χ2n) is 3.89. The number of aromatic hydroxyl groups is 1.